The number of hydrogen-bond acceptors (Lipinski definition) is 1. The maximum absolute atomic E-state index is 15.4. The molecule has 7 aromatic carbocycles. The van der Waals surface area contributed by atoms with Crippen LogP contribution in [0, 0.1) is 116 Å². The molecule has 0 saturated heterocycles. The lowest BCUT2D eigenvalue weighted by atomic mass is 9.12. The molecule has 0 aliphatic carbocycles. The molecule has 0 aliphatic heterocycles. The highest BCUT2D eigenvalue weighted by atomic mass is 35.5. The Labute approximate surface area is 383 Å². The van der Waals surface area contributed by atoms with Crippen LogP contribution in [0.3, 0.4) is 0 Å². The Hall–Kier alpha value is -7.30. The molecule has 2 nitrogen and oxygen atoms in total. The number of benzene rings is 7. The summed E-state index contributed by atoms with van der Waals surface area (Å²) < 4.78 is 302. The van der Waals surface area contributed by atoms with Crippen LogP contribution >= 0.6 is 11.6 Å². The molecule has 0 N–H and O–H groups in total. The zero-order chi connectivity index (χ0) is 51.4. The third-order valence-corrected chi connectivity index (χ3v) is 11.0. The Bertz CT molecular complexity index is 3030. The number of nitrogens with zero attached hydrogens (tertiary/aromatic N) is 1. The number of hydrogen-bond donors (Lipinski definition) is 0. The quantitative estimate of drug-likeness (QED) is 0.0486. The van der Waals surface area contributed by atoms with Crippen LogP contribution in [-0.2, 0) is 6.54 Å². The summed E-state index contributed by atoms with van der Waals surface area (Å²) in [4.78, 5) is 0. The minimum Gasteiger partial charge on any atom is -0.405 e. The van der Waals surface area contributed by atoms with Crippen molar-refractivity contribution in [2.45, 2.75) is 6.54 Å². The van der Waals surface area contributed by atoms with Crippen molar-refractivity contribution in [3.05, 3.63) is 218 Å². The molecule has 8 aromatic rings. The van der Waals surface area contributed by atoms with Gasteiger partial charge in [0.05, 0.1) is 6.07 Å². The number of halogens is 21. The molecule has 362 valence electrons. The van der Waals surface area contributed by atoms with Gasteiger partial charge in [0.15, 0.2) is 76.4 Å². The predicted octanol–water partition coefficient (Wildman–Crippen LogP) is 11.5. The Morgan fingerprint density at radius 3 is 1.07 bits per heavy atom. The zero-order valence-electron chi connectivity index (χ0n) is 33.7. The number of ether oxygens (including phenoxy) is 1. The third kappa shape index (κ3) is 8.17. The first kappa shape index (κ1) is 50.6. The average molecular weight is 1030 g/mol. The first-order valence-corrected chi connectivity index (χ1v) is 19.5. The van der Waals surface area contributed by atoms with Gasteiger partial charge in [0, 0.05) is 22.0 Å². The lowest BCUT2D eigenvalue weighted by Crippen LogP contribution is -2.81. The second-order valence-corrected chi connectivity index (χ2v) is 15.1. The maximum Gasteiger partial charge on any atom is 0.374 e. The molecule has 0 unspecified atom stereocenters. The SMILES string of the molecule is Clc1cccc(Oc2ccc3ccccc3[n+]2Cc2ccccc2)c1.Fc1c(F)c(F)c([B-](c2c(F)c(F)c(F)c(F)c2F)(c2c(F)c(F)c(F)c(F)c2F)c2c(F)c(F)c(F)c(F)c2F)c(F)c1F. The van der Waals surface area contributed by atoms with Crippen molar-refractivity contribution in [2.75, 3.05) is 0 Å². The van der Waals surface area contributed by atoms with Gasteiger partial charge in [-0.25, -0.2) is 87.8 Å². The van der Waals surface area contributed by atoms with E-state index >= 15 is 35.1 Å². The highest BCUT2D eigenvalue weighted by Gasteiger charge is 2.52. The van der Waals surface area contributed by atoms with Crippen LogP contribution in [0.2, 0.25) is 5.02 Å². The molecule has 0 fully saturated rings. The van der Waals surface area contributed by atoms with Gasteiger partial charge in [-0.15, -0.1) is 21.9 Å². The van der Waals surface area contributed by atoms with Crippen LogP contribution in [0.15, 0.2) is 91.0 Å². The summed E-state index contributed by atoms with van der Waals surface area (Å²) in [6.07, 6.45) is -7.22. The standard InChI is InChI=1S/C24BF20.C22H17ClNO/c26-5-1(6(27)14(35)21(42)13(5)34)25(2-7(28)15(36)22(43)16(37)8(2)29,3-9(30)17(38)23(44)18(39)10(3)31)4-11(32)19(40)24(45)20(41)12(4)33;23-19-10-6-11-20(15-19)25-22-14-13-18-9-4-5-12-21(18)24(22)16-17-7-2-1-3-8-17/h;1-15H,16H2/q-1;+1. The van der Waals surface area contributed by atoms with E-state index in [2.05, 4.69) is 47.0 Å². The average Bonchev–Trinajstić information content (AvgIpc) is 3.35. The van der Waals surface area contributed by atoms with Crippen LogP contribution in [-0.4, -0.2) is 6.15 Å². The van der Waals surface area contributed by atoms with Crippen LogP contribution < -0.4 is 31.2 Å². The van der Waals surface area contributed by atoms with Crippen molar-refractivity contribution >= 4 is 50.5 Å². The highest BCUT2D eigenvalue weighted by molar-refractivity contribution is 7.20. The molecule has 1 aromatic heterocycles. The summed E-state index contributed by atoms with van der Waals surface area (Å²) in [5.74, 6) is -69.9. The van der Waals surface area contributed by atoms with Gasteiger partial charge in [-0.2, -0.15) is 4.57 Å². The van der Waals surface area contributed by atoms with Crippen molar-refractivity contribution in [1.82, 2.24) is 0 Å². The van der Waals surface area contributed by atoms with E-state index in [-0.39, 0.29) is 0 Å². The van der Waals surface area contributed by atoms with Gasteiger partial charge in [0.25, 0.3) is 0 Å². The van der Waals surface area contributed by atoms with Gasteiger partial charge in [-0.1, -0.05) is 60.1 Å². The van der Waals surface area contributed by atoms with E-state index in [9.17, 15) is 52.7 Å². The van der Waals surface area contributed by atoms with E-state index in [1.807, 2.05) is 48.5 Å². The van der Waals surface area contributed by atoms with E-state index in [0.29, 0.717) is 5.02 Å². The van der Waals surface area contributed by atoms with Crippen molar-refractivity contribution in [3.63, 3.8) is 0 Å². The molecular formula is C46H17BClF20NO. The lowest BCUT2D eigenvalue weighted by Gasteiger charge is -2.44. The lowest BCUT2D eigenvalue weighted by molar-refractivity contribution is -0.666. The van der Waals surface area contributed by atoms with Crippen molar-refractivity contribution < 1.29 is 97.1 Å². The smallest absolute Gasteiger partial charge is 0.374 e. The van der Waals surface area contributed by atoms with Crippen LogP contribution in [0.1, 0.15) is 5.56 Å². The second-order valence-electron chi connectivity index (χ2n) is 14.7. The van der Waals surface area contributed by atoms with Gasteiger partial charge < -0.3 is 4.74 Å². The summed E-state index contributed by atoms with van der Waals surface area (Å²) in [5, 5.41) is 1.84. The van der Waals surface area contributed by atoms with E-state index in [1.54, 1.807) is 0 Å². The van der Waals surface area contributed by atoms with Crippen molar-refractivity contribution in [2.24, 2.45) is 0 Å². The summed E-state index contributed by atoms with van der Waals surface area (Å²) in [7, 11) is 0. The minimum atomic E-state index is -7.22. The van der Waals surface area contributed by atoms with Gasteiger partial charge in [0.1, 0.15) is 58.4 Å². The summed E-state index contributed by atoms with van der Waals surface area (Å²) in [6.45, 7) is 0.734. The fourth-order valence-electron chi connectivity index (χ4n) is 7.79. The minimum absolute atomic E-state index is 0.660. The molecule has 0 spiro atoms. The predicted molar refractivity (Wildman–Crippen MR) is 210 cm³/mol. The molecule has 0 aliphatic rings. The van der Waals surface area contributed by atoms with E-state index in [1.165, 1.54) is 10.9 Å². The van der Waals surface area contributed by atoms with Gasteiger partial charge >= 0.3 is 5.88 Å². The molecule has 0 radical (unpaired) electrons. The molecule has 1 heterocycles. The van der Waals surface area contributed by atoms with E-state index in [4.69, 9.17) is 16.3 Å². The fraction of sp³-hybridized carbons (Fsp3) is 0.0217. The Morgan fingerprint density at radius 1 is 0.357 bits per heavy atom. The number of aromatic nitrogens is 1. The highest BCUT2D eigenvalue weighted by Crippen LogP contribution is 2.31. The second kappa shape index (κ2) is 19.2. The van der Waals surface area contributed by atoms with Gasteiger partial charge in [-0.3, -0.25) is 0 Å². The molecule has 0 amide bonds. The number of para-hydroxylation sites is 1. The molecule has 8 rings (SSSR count). The van der Waals surface area contributed by atoms with Crippen LogP contribution in [0.25, 0.3) is 10.9 Å². The molecule has 0 bridgehead atoms. The van der Waals surface area contributed by atoms with E-state index in [0.717, 1.165) is 23.7 Å². The third-order valence-electron chi connectivity index (χ3n) is 10.8. The first-order valence-electron chi connectivity index (χ1n) is 19.1. The fourth-order valence-corrected chi connectivity index (χ4v) is 7.97. The zero-order valence-corrected chi connectivity index (χ0v) is 34.5. The summed E-state index contributed by atoms with van der Waals surface area (Å²) in [5.41, 5.74) is -12.0. The molecular weight excluding hydrogens is 1010 g/mol. The molecule has 0 saturated carbocycles. The number of rotatable bonds is 8. The Morgan fingerprint density at radius 2 is 0.700 bits per heavy atom. The Balaban J connectivity index is 0.000000242. The van der Waals surface area contributed by atoms with Crippen molar-refractivity contribution in [1.29, 1.82) is 0 Å². The van der Waals surface area contributed by atoms with Crippen LogP contribution in [0.4, 0.5) is 87.8 Å². The van der Waals surface area contributed by atoms with Gasteiger partial charge in [0.2, 0.25) is 5.52 Å². The van der Waals surface area contributed by atoms with E-state index < -0.39 is 144 Å². The van der Waals surface area contributed by atoms with Crippen LogP contribution in [0.5, 0.6) is 11.6 Å². The largest absolute Gasteiger partial charge is 0.405 e. The molecule has 70 heavy (non-hydrogen) atoms. The maximum atomic E-state index is 15.4. The normalized spacial score (nSPS) is 11.6. The summed E-state index contributed by atoms with van der Waals surface area (Å²) in [6, 6.07) is 30.3. The number of pyridine rings is 1. The number of fused-ring (bicyclic) bond motifs is 1. The first-order chi connectivity index (χ1) is 33.0. The van der Waals surface area contributed by atoms with Gasteiger partial charge in [-0.05, 0) is 30.3 Å². The van der Waals surface area contributed by atoms with Crippen molar-refractivity contribution in [3.8, 4) is 11.6 Å². The Kier molecular flexibility index (Phi) is 13.9. The molecule has 24 heteroatoms. The topological polar surface area (TPSA) is 13.1 Å². The molecule has 0 atom stereocenters. The monoisotopic (exact) mass is 1030 g/mol. The summed E-state index contributed by atoms with van der Waals surface area (Å²) >= 11 is 6.09.